The smallest absolute Gasteiger partial charge is 0.0898 e. The maximum absolute atomic E-state index is 4.49. The van der Waals surface area contributed by atoms with Gasteiger partial charge in [-0.3, -0.25) is 0 Å². The fourth-order valence-electron chi connectivity index (χ4n) is 1.89. The molecule has 4 heteroatoms. The first-order valence-electron chi connectivity index (χ1n) is 6.04. The average Bonchev–Trinajstić information content (AvgIpc) is 2.76. The summed E-state index contributed by atoms with van der Waals surface area (Å²) in [6.07, 6.45) is 0. The molecule has 0 aliphatic carbocycles. The fourth-order valence-corrected chi connectivity index (χ4v) is 2.49. The van der Waals surface area contributed by atoms with Crippen LogP contribution < -0.4 is 10.2 Å². The van der Waals surface area contributed by atoms with E-state index >= 15 is 0 Å². The number of hydrogen-bond donors (Lipinski definition) is 1. The molecule has 3 nitrogen and oxygen atoms in total. The van der Waals surface area contributed by atoms with E-state index < -0.39 is 0 Å². The van der Waals surface area contributed by atoms with E-state index in [0.29, 0.717) is 0 Å². The van der Waals surface area contributed by atoms with E-state index in [0.717, 1.165) is 23.8 Å². The maximum Gasteiger partial charge on any atom is 0.0898 e. The summed E-state index contributed by atoms with van der Waals surface area (Å²) in [6, 6.07) is 8.64. The van der Waals surface area contributed by atoms with Crippen LogP contribution in [0.15, 0.2) is 29.6 Å². The Kier molecular flexibility index (Phi) is 4.33. The average molecular weight is 261 g/mol. The van der Waals surface area contributed by atoms with Gasteiger partial charge >= 0.3 is 0 Å². The van der Waals surface area contributed by atoms with E-state index in [-0.39, 0.29) is 0 Å². The minimum absolute atomic E-state index is 0.857. The molecule has 1 N–H and O–H groups in total. The molecular formula is C14H19N3S. The Labute approximate surface area is 112 Å². The number of rotatable bonds is 5. The second-order valence-corrected chi connectivity index (χ2v) is 5.47. The SMILES string of the molecule is CNCc1ccc(N(C)Cc2csc(C)n2)cc1. The zero-order valence-electron chi connectivity index (χ0n) is 11.1. The van der Waals surface area contributed by atoms with Crippen molar-refractivity contribution in [3.8, 4) is 0 Å². The van der Waals surface area contributed by atoms with Gasteiger partial charge in [0.1, 0.15) is 0 Å². The first kappa shape index (κ1) is 13.1. The van der Waals surface area contributed by atoms with Crippen LogP contribution in [0.4, 0.5) is 5.69 Å². The van der Waals surface area contributed by atoms with Crippen LogP contribution >= 0.6 is 11.3 Å². The van der Waals surface area contributed by atoms with Gasteiger partial charge in [-0.2, -0.15) is 0 Å². The van der Waals surface area contributed by atoms with Gasteiger partial charge in [0, 0.05) is 24.7 Å². The van der Waals surface area contributed by atoms with Crippen molar-refractivity contribution >= 4 is 17.0 Å². The van der Waals surface area contributed by atoms with Crippen LogP contribution in [-0.2, 0) is 13.1 Å². The highest BCUT2D eigenvalue weighted by Crippen LogP contribution is 2.17. The molecule has 0 spiro atoms. The molecule has 0 aliphatic rings. The number of anilines is 1. The van der Waals surface area contributed by atoms with E-state index in [9.17, 15) is 0 Å². The van der Waals surface area contributed by atoms with Gasteiger partial charge in [0.15, 0.2) is 0 Å². The summed E-state index contributed by atoms with van der Waals surface area (Å²) in [7, 11) is 4.06. The molecule has 2 rings (SSSR count). The molecule has 0 unspecified atom stereocenters. The van der Waals surface area contributed by atoms with Gasteiger partial charge in [-0.25, -0.2) is 4.98 Å². The topological polar surface area (TPSA) is 28.2 Å². The van der Waals surface area contributed by atoms with Gasteiger partial charge in [0.05, 0.1) is 17.2 Å². The molecule has 1 aromatic carbocycles. The third-order valence-electron chi connectivity index (χ3n) is 2.82. The molecule has 18 heavy (non-hydrogen) atoms. The minimum Gasteiger partial charge on any atom is -0.369 e. The van der Waals surface area contributed by atoms with Crippen LogP contribution in [0.25, 0.3) is 0 Å². The van der Waals surface area contributed by atoms with Gasteiger partial charge < -0.3 is 10.2 Å². The lowest BCUT2D eigenvalue weighted by molar-refractivity contribution is 0.816. The van der Waals surface area contributed by atoms with Gasteiger partial charge in [-0.05, 0) is 31.7 Å². The number of thiazole rings is 1. The lowest BCUT2D eigenvalue weighted by atomic mass is 10.2. The summed E-state index contributed by atoms with van der Waals surface area (Å²) < 4.78 is 0. The largest absolute Gasteiger partial charge is 0.369 e. The van der Waals surface area contributed by atoms with Crippen molar-refractivity contribution in [1.29, 1.82) is 0 Å². The van der Waals surface area contributed by atoms with Crippen LogP contribution in [0.3, 0.4) is 0 Å². The number of nitrogens with zero attached hydrogens (tertiary/aromatic N) is 2. The van der Waals surface area contributed by atoms with Crippen molar-refractivity contribution in [1.82, 2.24) is 10.3 Å². The van der Waals surface area contributed by atoms with Crippen LogP contribution in [0.1, 0.15) is 16.3 Å². The first-order chi connectivity index (χ1) is 8.69. The second kappa shape index (κ2) is 5.98. The number of aryl methyl sites for hydroxylation is 1. The number of hydrogen-bond acceptors (Lipinski definition) is 4. The lowest BCUT2D eigenvalue weighted by Crippen LogP contribution is -2.16. The maximum atomic E-state index is 4.49. The highest BCUT2D eigenvalue weighted by atomic mass is 32.1. The number of aromatic nitrogens is 1. The Bertz CT molecular complexity index is 490. The molecule has 0 aliphatic heterocycles. The summed E-state index contributed by atoms with van der Waals surface area (Å²) in [5, 5.41) is 6.41. The van der Waals surface area contributed by atoms with Crippen molar-refractivity contribution in [2.45, 2.75) is 20.0 Å². The summed E-state index contributed by atoms with van der Waals surface area (Å²) in [6.45, 7) is 3.81. The molecule has 0 atom stereocenters. The van der Waals surface area contributed by atoms with Crippen molar-refractivity contribution in [3.63, 3.8) is 0 Å². The van der Waals surface area contributed by atoms with E-state index in [4.69, 9.17) is 0 Å². The zero-order valence-corrected chi connectivity index (χ0v) is 11.9. The van der Waals surface area contributed by atoms with E-state index in [1.165, 1.54) is 11.3 Å². The molecule has 2 aromatic rings. The van der Waals surface area contributed by atoms with Crippen molar-refractivity contribution in [2.24, 2.45) is 0 Å². The van der Waals surface area contributed by atoms with E-state index in [1.54, 1.807) is 11.3 Å². The first-order valence-corrected chi connectivity index (χ1v) is 6.92. The van der Waals surface area contributed by atoms with Gasteiger partial charge in [-0.15, -0.1) is 11.3 Å². The zero-order chi connectivity index (χ0) is 13.0. The van der Waals surface area contributed by atoms with Crippen LogP contribution in [0, 0.1) is 6.92 Å². The summed E-state index contributed by atoms with van der Waals surface area (Å²) >= 11 is 1.70. The highest BCUT2D eigenvalue weighted by molar-refractivity contribution is 7.09. The molecule has 0 amide bonds. The Hall–Kier alpha value is -1.39. The van der Waals surface area contributed by atoms with E-state index in [1.807, 2.05) is 14.0 Å². The van der Waals surface area contributed by atoms with Crippen LogP contribution in [-0.4, -0.2) is 19.1 Å². The van der Waals surface area contributed by atoms with Crippen LogP contribution in [0.5, 0.6) is 0 Å². The van der Waals surface area contributed by atoms with E-state index in [2.05, 4.69) is 51.9 Å². The monoisotopic (exact) mass is 261 g/mol. The van der Waals surface area contributed by atoms with Gasteiger partial charge in [0.2, 0.25) is 0 Å². The molecular weight excluding hydrogens is 242 g/mol. The summed E-state index contributed by atoms with van der Waals surface area (Å²) in [5.41, 5.74) is 3.67. The highest BCUT2D eigenvalue weighted by Gasteiger charge is 2.04. The molecule has 0 saturated carbocycles. The Morgan fingerprint density at radius 1 is 1.28 bits per heavy atom. The molecule has 0 fully saturated rings. The van der Waals surface area contributed by atoms with Crippen LogP contribution in [0.2, 0.25) is 0 Å². The summed E-state index contributed by atoms with van der Waals surface area (Å²) in [5.74, 6) is 0. The van der Waals surface area contributed by atoms with Crippen molar-refractivity contribution in [3.05, 3.63) is 45.9 Å². The molecule has 1 heterocycles. The second-order valence-electron chi connectivity index (χ2n) is 4.41. The third kappa shape index (κ3) is 3.31. The molecule has 1 aromatic heterocycles. The standard InChI is InChI=1S/C14H19N3S/c1-11-16-13(10-18-11)9-17(3)14-6-4-12(5-7-14)8-15-2/h4-7,10,15H,8-9H2,1-3H3. The number of nitrogens with one attached hydrogen (secondary N) is 1. The molecule has 96 valence electrons. The fraction of sp³-hybridized carbons (Fsp3) is 0.357. The van der Waals surface area contributed by atoms with Crippen molar-refractivity contribution < 1.29 is 0 Å². The van der Waals surface area contributed by atoms with Gasteiger partial charge in [-0.1, -0.05) is 12.1 Å². The normalized spacial score (nSPS) is 10.6. The lowest BCUT2D eigenvalue weighted by Gasteiger charge is -2.18. The third-order valence-corrected chi connectivity index (χ3v) is 3.65. The molecule has 0 saturated heterocycles. The Balaban J connectivity index is 2.02. The minimum atomic E-state index is 0.857. The Morgan fingerprint density at radius 2 is 2.00 bits per heavy atom. The van der Waals surface area contributed by atoms with Gasteiger partial charge in [0.25, 0.3) is 0 Å². The number of benzene rings is 1. The predicted octanol–water partition coefficient (Wildman–Crippen LogP) is 2.81. The Morgan fingerprint density at radius 3 is 2.56 bits per heavy atom. The predicted molar refractivity (Wildman–Crippen MR) is 78.2 cm³/mol. The summed E-state index contributed by atoms with van der Waals surface area (Å²) in [4.78, 5) is 6.71. The molecule has 0 bridgehead atoms. The quantitative estimate of drug-likeness (QED) is 0.897. The van der Waals surface area contributed by atoms with Crippen molar-refractivity contribution in [2.75, 3.05) is 19.0 Å². The molecule has 0 radical (unpaired) electrons.